The van der Waals surface area contributed by atoms with Crippen LogP contribution in [-0.2, 0) is 9.59 Å². The molecule has 7 heteroatoms. The van der Waals surface area contributed by atoms with Gasteiger partial charge in [-0.3, -0.25) is 14.5 Å². The SMILES string of the molecule is Cc1cccc(N2CCN(CCCNC(=O)[C@@H]3CCCN(C(=O)CCOc4ccccc4)C3)CC2)c1. The highest BCUT2D eigenvalue weighted by Gasteiger charge is 2.28. The van der Waals surface area contributed by atoms with Gasteiger partial charge in [0.15, 0.2) is 0 Å². The Morgan fingerprint density at radius 1 is 1.00 bits per heavy atom. The number of hydrogen-bond donors (Lipinski definition) is 1. The average molecular weight is 493 g/mol. The zero-order valence-electron chi connectivity index (χ0n) is 21.5. The van der Waals surface area contributed by atoms with E-state index in [0.717, 1.165) is 64.3 Å². The van der Waals surface area contributed by atoms with Crippen LogP contribution in [0.15, 0.2) is 54.6 Å². The van der Waals surface area contributed by atoms with Crippen molar-refractivity contribution in [2.24, 2.45) is 5.92 Å². The summed E-state index contributed by atoms with van der Waals surface area (Å²) >= 11 is 0. The van der Waals surface area contributed by atoms with Crippen molar-refractivity contribution < 1.29 is 14.3 Å². The number of rotatable bonds is 10. The van der Waals surface area contributed by atoms with Crippen LogP contribution in [0.5, 0.6) is 5.75 Å². The highest BCUT2D eigenvalue weighted by atomic mass is 16.5. The Kier molecular flexibility index (Phi) is 9.61. The molecule has 1 N–H and O–H groups in total. The normalized spacial score (nSPS) is 18.6. The number of likely N-dealkylation sites (tertiary alicyclic amines) is 1. The number of piperazine rings is 1. The van der Waals surface area contributed by atoms with E-state index < -0.39 is 0 Å². The molecular formula is C29H40N4O3. The Balaban J connectivity index is 1.09. The maximum Gasteiger partial charge on any atom is 0.226 e. The summed E-state index contributed by atoms with van der Waals surface area (Å²) in [5.41, 5.74) is 2.61. The number of benzene rings is 2. The molecule has 0 radical (unpaired) electrons. The van der Waals surface area contributed by atoms with E-state index in [1.807, 2.05) is 35.2 Å². The van der Waals surface area contributed by atoms with Gasteiger partial charge in [0, 0.05) is 51.5 Å². The van der Waals surface area contributed by atoms with Gasteiger partial charge in [0.05, 0.1) is 18.9 Å². The summed E-state index contributed by atoms with van der Waals surface area (Å²) in [5, 5.41) is 3.12. The molecule has 2 fully saturated rings. The van der Waals surface area contributed by atoms with E-state index in [2.05, 4.69) is 46.3 Å². The summed E-state index contributed by atoms with van der Waals surface area (Å²) in [6, 6.07) is 18.2. The summed E-state index contributed by atoms with van der Waals surface area (Å²) < 4.78 is 5.66. The zero-order chi connectivity index (χ0) is 25.2. The standard InChI is InChI=1S/C29H40N4O3/c1-24-8-5-10-26(22-24)32-19-17-31(18-20-32)15-7-14-30-29(35)25-9-6-16-33(23-25)28(34)13-21-36-27-11-3-2-4-12-27/h2-5,8,10-12,22,25H,6-7,9,13-21,23H2,1H3,(H,30,35)/t25-/m1/s1. The first-order valence-electron chi connectivity index (χ1n) is 13.4. The maximum atomic E-state index is 12.7. The van der Waals surface area contributed by atoms with Crippen LogP contribution in [0, 0.1) is 12.8 Å². The second kappa shape index (κ2) is 13.3. The monoisotopic (exact) mass is 492 g/mol. The summed E-state index contributed by atoms with van der Waals surface area (Å²) in [5.74, 6) is 0.801. The molecule has 2 aliphatic rings. The van der Waals surface area contributed by atoms with Crippen molar-refractivity contribution in [2.75, 3.05) is 63.9 Å². The minimum absolute atomic E-state index is 0.0632. The van der Waals surface area contributed by atoms with E-state index in [-0.39, 0.29) is 17.7 Å². The van der Waals surface area contributed by atoms with Crippen LogP contribution in [0.3, 0.4) is 0 Å². The molecule has 2 aromatic rings. The maximum absolute atomic E-state index is 12.7. The molecule has 0 bridgehead atoms. The zero-order valence-corrected chi connectivity index (χ0v) is 21.5. The number of carbonyl (C=O) groups is 2. The van der Waals surface area contributed by atoms with Crippen LogP contribution in [0.4, 0.5) is 5.69 Å². The van der Waals surface area contributed by atoms with Gasteiger partial charge in [-0.25, -0.2) is 0 Å². The predicted octanol–water partition coefficient (Wildman–Crippen LogP) is 3.33. The molecule has 4 rings (SSSR count). The van der Waals surface area contributed by atoms with Gasteiger partial charge in [0.2, 0.25) is 11.8 Å². The van der Waals surface area contributed by atoms with E-state index in [4.69, 9.17) is 4.74 Å². The number of piperidine rings is 1. The molecule has 194 valence electrons. The third-order valence-electron chi connectivity index (χ3n) is 7.16. The topological polar surface area (TPSA) is 65.1 Å². The van der Waals surface area contributed by atoms with Crippen molar-refractivity contribution in [3.05, 3.63) is 60.2 Å². The van der Waals surface area contributed by atoms with Gasteiger partial charge in [0.1, 0.15) is 5.75 Å². The Bertz CT molecular complexity index is 975. The predicted molar refractivity (Wildman–Crippen MR) is 143 cm³/mol. The number of anilines is 1. The summed E-state index contributed by atoms with van der Waals surface area (Å²) in [4.78, 5) is 32.1. The first-order valence-corrected chi connectivity index (χ1v) is 13.4. The van der Waals surface area contributed by atoms with Crippen LogP contribution in [-0.4, -0.2) is 80.6 Å². The van der Waals surface area contributed by atoms with Crippen LogP contribution in [0.1, 0.15) is 31.2 Å². The minimum Gasteiger partial charge on any atom is -0.493 e. The number of amides is 2. The van der Waals surface area contributed by atoms with Crippen LogP contribution in [0.25, 0.3) is 0 Å². The van der Waals surface area contributed by atoms with Gasteiger partial charge in [-0.1, -0.05) is 30.3 Å². The molecule has 0 unspecified atom stereocenters. The van der Waals surface area contributed by atoms with Crippen molar-refractivity contribution in [3.8, 4) is 5.75 Å². The van der Waals surface area contributed by atoms with Crippen molar-refractivity contribution in [3.63, 3.8) is 0 Å². The van der Waals surface area contributed by atoms with Gasteiger partial charge >= 0.3 is 0 Å². The van der Waals surface area contributed by atoms with Gasteiger partial charge in [-0.05, 0) is 62.6 Å². The second-order valence-electron chi connectivity index (χ2n) is 9.90. The van der Waals surface area contributed by atoms with Crippen LogP contribution in [0.2, 0.25) is 0 Å². The molecule has 2 amide bonds. The molecular weight excluding hydrogens is 452 g/mol. The van der Waals surface area contributed by atoms with Gasteiger partial charge < -0.3 is 19.9 Å². The van der Waals surface area contributed by atoms with Crippen molar-refractivity contribution in [1.82, 2.24) is 15.1 Å². The molecule has 2 aromatic carbocycles. The van der Waals surface area contributed by atoms with Gasteiger partial charge in [-0.2, -0.15) is 0 Å². The number of hydrogen-bond acceptors (Lipinski definition) is 5. The smallest absolute Gasteiger partial charge is 0.226 e. The highest BCUT2D eigenvalue weighted by molar-refractivity contribution is 5.81. The highest BCUT2D eigenvalue weighted by Crippen LogP contribution is 2.19. The largest absolute Gasteiger partial charge is 0.493 e. The molecule has 1 atom stereocenters. The minimum atomic E-state index is -0.115. The van der Waals surface area contributed by atoms with Crippen molar-refractivity contribution >= 4 is 17.5 Å². The molecule has 36 heavy (non-hydrogen) atoms. The molecule has 0 saturated carbocycles. The fraction of sp³-hybridized carbons (Fsp3) is 0.517. The van der Waals surface area contributed by atoms with Crippen molar-refractivity contribution in [2.45, 2.75) is 32.6 Å². The first-order chi connectivity index (χ1) is 17.6. The summed E-state index contributed by atoms with van der Waals surface area (Å²) in [6.45, 7) is 9.60. The number of carbonyl (C=O) groups excluding carboxylic acids is 2. The summed E-state index contributed by atoms with van der Waals surface area (Å²) in [7, 11) is 0. The van der Waals surface area contributed by atoms with E-state index >= 15 is 0 Å². The third-order valence-corrected chi connectivity index (χ3v) is 7.16. The second-order valence-corrected chi connectivity index (χ2v) is 9.90. The third kappa shape index (κ3) is 7.72. The molecule has 2 heterocycles. The molecule has 2 saturated heterocycles. The van der Waals surface area contributed by atoms with Crippen LogP contribution >= 0.6 is 0 Å². The lowest BCUT2D eigenvalue weighted by Gasteiger charge is -2.36. The van der Waals surface area contributed by atoms with Crippen molar-refractivity contribution in [1.29, 1.82) is 0 Å². The molecule has 0 spiro atoms. The van der Waals surface area contributed by atoms with E-state index in [0.29, 0.717) is 26.1 Å². The Labute approximate surface area is 215 Å². The van der Waals surface area contributed by atoms with E-state index in [1.165, 1.54) is 11.3 Å². The summed E-state index contributed by atoms with van der Waals surface area (Å²) in [6.07, 6.45) is 2.99. The Morgan fingerprint density at radius 2 is 1.81 bits per heavy atom. The number of para-hydroxylation sites is 1. The number of aryl methyl sites for hydroxylation is 1. The fourth-order valence-electron chi connectivity index (χ4n) is 5.06. The van der Waals surface area contributed by atoms with E-state index in [9.17, 15) is 9.59 Å². The number of ether oxygens (including phenoxy) is 1. The molecule has 0 aromatic heterocycles. The van der Waals surface area contributed by atoms with Gasteiger partial charge in [0.25, 0.3) is 0 Å². The lowest BCUT2D eigenvalue weighted by molar-refractivity contribution is -0.136. The number of nitrogens with one attached hydrogen (secondary N) is 1. The fourth-order valence-corrected chi connectivity index (χ4v) is 5.06. The molecule has 2 aliphatic heterocycles. The van der Waals surface area contributed by atoms with E-state index in [1.54, 1.807) is 0 Å². The molecule has 7 nitrogen and oxygen atoms in total. The lowest BCUT2D eigenvalue weighted by atomic mass is 9.97. The molecule has 0 aliphatic carbocycles. The average Bonchev–Trinajstić information content (AvgIpc) is 2.92. The Morgan fingerprint density at radius 3 is 2.58 bits per heavy atom. The first kappa shape index (κ1) is 26.0. The number of nitrogens with zero attached hydrogens (tertiary/aromatic N) is 3. The Hall–Kier alpha value is -3.06. The van der Waals surface area contributed by atoms with Gasteiger partial charge in [-0.15, -0.1) is 0 Å². The lowest BCUT2D eigenvalue weighted by Crippen LogP contribution is -2.47. The van der Waals surface area contributed by atoms with Crippen LogP contribution < -0.4 is 15.0 Å². The quantitative estimate of drug-likeness (QED) is 0.516.